The molecule has 0 saturated carbocycles. The van der Waals surface area contributed by atoms with Crippen LogP contribution in [0.1, 0.15) is 31.2 Å². The third-order valence-corrected chi connectivity index (χ3v) is 7.70. The minimum Gasteiger partial charge on any atom is -0.368 e. The number of amides is 2. The SMILES string of the molecule is O=C(CCCCCN1C(=O)/C(=C/c2ccc(Cl)cc2)SC1=S)N1CCN(c2ccccc2)CC1. The van der Waals surface area contributed by atoms with Gasteiger partial charge in [0.2, 0.25) is 5.91 Å². The Balaban J connectivity index is 1.16. The van der Waals surface area contributed by atoms with Crippen LogP contribution in [0.5, 0.6) is 0 Å². The summed E-state index contributed by atoms with van der Waals surface area (Å²) in [5.41, 5.74) is 2.14. The Morgan fingerprint density at radius 3 is 2.38 bits per heavy atom. The maximum Gasteiger partial charge on any atom is 0.266 e. The second-order valence-corrected chi connectivity index (χ2v) is 10.5. The second kappa shape index (κ2) is 11.9. The maximum absolute atomic E-state index is 12.8. The van der Waals surface area contributed by atoms with E-state index in [0.717, 1.165) is 51.0 Å². The molecule has 0 N–H and O–H groups in total. The normalized spacial score (nSPS) is 17.7. The highest BCUT2D eigenvalue weighted by Gasteiger charge is 2.31. The van der Waals surface area contributed by atoms with E-state index in [1.807, 2.05) is 41.3 Å². The lowest BCUT2D eigenvalue weighted by Gasteiger charge is -2.36. The number of carbonyl (C=O) groups excluding carboxylic acids is 2. The first-order valence-corrected chi connectivity index (χ1v) is 13.2. The highest BCUT2D eigenvalue weighted by molar-refractivity contribution is 8.26. The molecule has 2 aliphatic heterocycles. The predicted octanol–water partition coefficient (Wildman–Crippen LogP) is 5.45. The van der Waals surface area contributed by atoms with Crippen LogP contribution in [-0.2, 0) is 9.59 Å². The number of halogens is 1. The van der Waals surface area contributed by atoms with Gasteiger partial charge < -0.3 is 9.80 Å². The van der Waals surface area contributed by atoms with Gasteiger partial charge in [0, 0.05) is 49.9 Å². The molecule has 0 unspecified atom stereocenters. The molecule has 2 aromatic rings. The Hall–Kier alpha value is -2.35. The highest BCUT2D eigenvalue weighted by atomic mass is 35.5. The number of nitrogens with zero attached hydrogens (tertiary/aromatic N) is 3. The molecule has 4 rings (SSSR count). The monoisotopic (exact) mass is 513 g/mol. The molecule has 178 valence electrons. The first-order chi connectivity index (χ1) is 16.5. The van der Waals surface area contributed by atoms with E-state index in [-0.39, 0.29) is 11.8 Å². The summed E-state index contributed by atoms with van der Waals surface area (Å²) in [6.45, 7) is 3.86. The maximum atomic E-state index is 12.8. The van der Waals surface area contributed by atoms with E-state index in [1.165, 1.54) is 17.4 Å². The summed E-state index contributed by atoms with van der Waals surface area (Å²) < 4.78 is 0.595. The van der Waals surface area contributed by atoms with Gasteiger partial charge in [-0.05, 0) is 48.7 Å². The molecule has 2 aliphatic rings. The molecule has 0 aromatic heterocycles. The molecule has 0 radical (unpaired) electrons. The Morgan fingerprint density at radius 1 is 0.971 bits per heavy atom. The standard InChI is InChI=1S/C26H28ClN3O2S2/c27-21-12-10-20(11-13-21)19-23-25(32)30(26(33)34-23)14-6-2-5-9-24(31)29-17-15-28(16-18-29)22-7-3-1-4-8-22/h1,3-4,7-8,10-13,19H,2,5-6,9,14-18H2/b23-19-. The summed E-state index contributed by atoms with van der Waals surface area (Å²) in [4.78, 5) is 32.0. The van der Waals surface area contributed by atoms with E-state index in [1.54, 1.807) is 17.0 Å². The Bertz CT molecular complexity index is 1050. The van der Waals surface area contributed by atoms with Crippen LogP contribution in [0, 0.1) is 0 Å². The zero-order valence-corrected chi connectivity index (χ0v) is 21.4. The minimum absolute atomic E-state index is 0.0442. The van der Waals surface area contributed by atoms with Gasteiger partial charge >= 0.3 is 0 Å². The summed E-state index contributed by atoms with van der Waals surface area (Å²) in [6.07, 6.45) is 4.96. The molecule has 2 saturated heterocycles. The van der Waals surface area contributed by atoms with Crippen molar-refractivity contribution < 1.29 is 9.59 Å². The van der Waals surface area contributed by atoms with Crippen molar-refractivity contribution in [3.8, 4) is 0 Å². The van der Waals surface area contributed by atoms with E-state index in [9.17, 15) is 9.59 Å². The summed E-state index contributed by atoms with van der Waals surface area (Å²) >= 11 is 12.7. The molecule has 2 aromatic carbocycles. The number of anilines is 1. The first-order valence-electron chi connectivity index (χ1n) is 11.6. The number of hydrogen-bond acceptors (Lipinski definition) is 5. The fourth-order valence-electron chi connectivity index (χ4n) is 4.14. The second-order valence-electron chi connectivity index (χ2n) is 8.40. The summed E-state index contributed by atoms with van der Waals surface area (Å²) in [7, 11) is 0. The minimum atomic E-state index is -0.0442. The topological polar surface area (TPSA) is 43.9 Å². The molecule has 0 bridgehead atoms. The highest BCUT2D eigenvalue weighted by Crippen LogP contribution is 2.33. The zero-order chi connectivity index (χ0) is 23.9. The molecule has 34 heavy (non-hydrogen) atoms. The van der Waals surface area contributed by atoms with Gasteiger partial charge in [-0.15, -0.1) is 0 Å². The van der Waals surface area contributed by atoms with Gasteiger partial charge in [-0.3, -0.25) is 14.5 Å². The molecular weight excluding hydrogens is 486 g/mol. The number of carbonyl (C=O) groups is 2. The molecule has 0 aliphatic carbocycles. The van der Waals surface area contributed by atoms with Crippen molar-refractivity contribution >= 4 is 63.5 Å². The Morgan fingerprint density at radius 2 is 1.68 bits per heavy atom. The number of rotatable bonds is 8. The van der Waals surface area contributed by atoms with Crippen LogP contribution >= 0.6 is 35.6 Å². The van der Waals surface area contributed by atoms with Crippen molar-refractivity contribution in [2.24, 2.45) is 0 Å². The quantitative estimate of drug-likeness (QED) is 0.267. The van der Waals surface area contributed by atoms with Crippen LogP contribution in [0.3, 0.4) is 0 Å². The lowest BCUT2D eigenvalue weighted by atomic mass is 10.1. The molecule has 0 atom stereocenters. The molecular formula is C26H28ClN3O2S2. The van der Waals surface area contributed by atoms with Crippen molar-refractivity contribution in [1.29, 1.82) is 0 Å². The van der Waals surface area contributed by atoms with Crippen molar-refractivity contribution in [3.05, 3.63) is 70.1 Å². The Kier molecular flexibility index (Phi) is 8.64. The number of thiocarbonyl (C=S) groups is 1. The van der Waals surface area contributed by atoms with Crippen molar-refractivity contribution in [3.63, 3.8) is 0 Å². The van der Waals surface area contributed by atoms with E-state index < -0.39 is 0 Å². The third kappa shape index (κ3) is 6.40. The fourth-order valence-corrected chi connectivity index (χ4v) is 5.57. The molecule has 0 spiro atoms. The van der Waals surface area contributed by atoms with E-state index in [4.69, 9.17) is 23.8 Å². The van der Waals surface area contributed by atoms with Crippen LogP contribution < -0.4 is 4.90 Å². The average Bonchev–Trinajstić information content (AvgIpc) is 3.13. The molecule has 5 nitrogen and oxygen atoms in total. The predicted molar refractivity (Wildman–Crippen MR) is 145 cm³/mol. The number of hydrogen-bond donors (Lipinski definition) is 0. The van der Waals surface area contributed by atoms with E-state index in [0.29, 0.717) is 27.2 Å². The van der Waals surface area contributed by atoms with Crippen molar-refractivity contribution in [2.45, 2.75) is 25.7 Å². The number of thioether (sulfide) groups is 1. The van der Waals surface area contributed by atoms with Crippen LogP contribution in [-0.4, -0.2) is 58.7 Å². The fraction of sp³-hybridized carbons (Fsp3) is 0.346. The van der Waals surface area contributed by atoms with E-state index in [2.05, 4.69) is 17.0 Å². The van der Waals surface area contributed by atoms with Gasteiger partial charge in [0.25, 0.3) is 5.91 Å². The molecule has 2 heterocycles. The van der Waals surface area contributed by atoms with Crippen molar-refractivity contribution in [2.75, 3.05) is 37.6 Å². The van der Waals surface area contributed by atoms with Crippen LogP contribution in [0.25, 0.3) is 6.08 Å². The average molecular weight is 514 g/mol. The molecule has 2 fully saturated rings. The van der Waals surface area contributed by atoms with Gasteiger partial charge in [-0.25, -0.2) is 0 Å². The van der Waals surface area contributed by atoms with E-state index >= 15 is 0 Å². The molecule has 8 heteroatoms. The number of unbranched alkanes of at least 4 members (excludes halogenated alkanes) is 2. The third-order valence-electron chi connectivity index (χ3n) is 6.07. The number of piperazine rings is 1. The first kappa shape index (κ1) is 24.8. The van der Waals surface area contributed by atoms with Gasteiger partial charge in [0.1, 0.15) is 4.32 Å². The number of para-hydroxylation sites is 1. The smallest absolute Gasteiger partial charge is 0.266 e. The zero-order valence-electron chi connectivity index (χ0n) is 19.0. The van der Waals surface area contributed by atoms with Crippen LogP contribution in [0.15, 0.2) is 59.5 Å². The van der Waals surface area contributed by atoms with Gasteiger partial charge in [0.15, 0.2) is 0 Å². The lowest BCUT2D eigenvalue weighted by Crippen LogP contribution is -2.48. The number of benzene rings is 2. The van der Waals surface area contributed by atoms with Crippen molar-refractivity contribution in [1.82, 2.24) is 9.80 Å². The summed E-state index contributed by atoms with van der Waals surface area (Å²) in [6, 6.07) is 17.7. The summed E-state index contributed by atoms with van der Waals surface area (Å²) in [5, 5.41) is 0.664. The Labute approximate surface area is 215 Å². The van der Waals surface area contributed by atoms with Gasteiger partial charge in [0.05, 0.1) is 4.91 Å². The molecule has 2 amide bonds. The lowest BCUT2D eigenvalue weighted by molar-refractivity contribution is -0.131. The largest absolute Gasteiger partial charge is 0.368 e. The summed E-state index contributed by atoms with van der Waals surface area (Å²) in [5.74, 6) is 0.182. The van der Waals surface area contributed by atoms with Gasteiger partial charge in [-0.2, -0.15) is 0 Å². The van der Waals surface area contributed by atoms with Crippen LogP contribution in [0.4, 0.5) is 5.69 Å². The van der Waals surface area contributed by atoms with Crippen LogP contribution in [0.2, 0.25) is 5.02 Å². The van der Waals surface area contributed by atoms with Gasteiger partial charge in [-0.1, -0.05) is 72.3 Å².